The molecule has 0 N–H and O–H groups in total. The Labute approximate surface area is 146 Å². The second kappa shape index (κ2) is 7.20. The first-order valence-corrected chi connectivity index (χ1v) is 7.77. The van der Waals surface area contributed by atoms with E-state index < -0.39 is 0 Å². The Kier molecular flexibility index (Phi) is 8.06. The van der Waals surface area contributed by atoms with Crippen LogP contribution in [0.1, 0.15) is 79.0 Å². The molecular weight excluding hydrogens is 318 g/mol. The Morgan fingerprint density at radius 3 is 1.10 bits per heavy atom. The van der Waals surface area contributed by atoms with Gasteiger partial charge in [0.2, 0.25) is 0 Å². The Bertz CT molecular complexity index is 436. The van der Waals surface area contributed by atoms with Crippen molar-refractivity contribution in [2.45, 2.75) is 78.6 Å². The van der Waals surface area contributed by atoms with E-state index in [-0.39, 0.29) is 41.1 Å². The minimum atomic E-state index is 0. The van der Waals surface area contributed by atoms with Crippen LogP contribution in [-0.4, -0.2) is 0 Å². The molecule has 0 amide bonds. The largest absolute Gasteiger partial charge is 0.147 e. The lowest BCUT2D eigenvalue weighted by Crippen LogP contribution is -2.29. The van der Waals surface area contributed by atoms with E-state index in [1.54, 1.807) is 0 Å². The van der Waals surface area contributed by atoms with E-state index in [0.29, 0.717) is 0 Å². The maximum absolute atomic E-state index is 2.98. The van der Waals surface area contributed by atoms with Gasteiger partial charge in [-0.2, -0.15) is 0 Å². The second-order valence-corrected chi connectivity index (χ2v) is 9.31. The molecule has 3 heteroatoms. The topological polar surface area (TPSA) is 0 Å². The van der Waals surface area contributed by atoms with Gasteiger partial charge in [-0.1, -0.05) is 74.4 Å². The standard InChI is InChI=1S/C18H31P.2ClH/c1-16(2,3)12-10-13(17(4,5)6)15(19)14(11-12)18(7,8)9;;/h10-11H,19H2,1-9H3;2*1H. The highest BCUT2D eigenvalue weighted by Gasteiger charge is 2.27. The predicted octanol–water partition coefficient (Wildman–Crippen LogP) is 5.92. The van der Waals surface area contributed by atoms with E-state index >= 15 is 0 Å². The molecule has 1 aromatic carbocycles. The minimum Gasteiger partial charge on any atom is -0.147 e. The van der Waals surface area contributed by atoms with Crippen LogP contribution in [0.2, 0.25) is 0 Å². The molecule has 0 radical (unpaired) electrons. The van der Waals surface area contributed by atoms with E-state index in [4.69, 9.17) is 0 Å². The van der Waals surface area contributed by atoms with E-state index in [1.807, 2.05) is 0 Å². The molecule has 0 saturated heterocycles. The highest BCUT2D eigenvalue weighted by atomic mass is 35.5. The van der Waals surface area contributed by atoms with Crippen molar-refractivity contribution in [1.29, 1.82) is 0 Å². The molecule has 124 valence electrons. The molecule has 0 aliphatic carbocycles. The first-order chi connectivity index (χ1) is 8.24. The molecule has 0 aliphatic heterocycles. The molecule has 0 bridgehead atoms. The van der Waals surface area contributed by atoms with Crippen molar-refractivity contribution in [2.24, 2.45) is 0 Å². The molecule has 1 atom stereocenters. The summed E-state index contributed by atoms with van der Waals surface area (Å²) in [5.74, 6) is 0. The lowest BCUT2D eigenvalue weighted by atomic mass is 9.75. The van der Waals surface area contributed by atoms with Crippen molar-refractivity contribution < 1.29 is 0 Å². The Balaban J connectivity index is 0. The SMILES string of the molecule is CC(C)(C)c1cc(C(C)(C)C)c(P)c(C(C)(C)C)c1.Cl.Cl. The van der Waals surface area contributed by atoms with Crippen LogP contribution in [0.5, 0.6) is 0 Å². The number of hydrogen-bond donors (Lipinski definition) is 0. The normalized spacial score (nSPS) is 12.5. The van der Waals surface area contributed by atoms with Gasteiger partial charge in [0, 0.05) is 0 Å². The lowest BCUT2D eigenvalue weighted by Gasteiger charge is -2.32. The monoisotopic (exact) mass is 350 g/mol. The van der Waals surface area contributed by atoms with Gasteiger partial charge in [-0.25, -0.2) is 0 Å². The zero-order valence-electron chi connectivity index (χ0n) is 15.0. The average Bonchev–Trinajstić information content (AvgIpc) is 2.11. The number of rotatable bonds is 0. The van der Waals surface area contributed by atoms with Gasteiger partial charge < -0.3 is 0 Å². The summed E-state index contributed by atoms with van der Waals surface area (Å²) in [6, 6.07) is 4.80. The van der Waals surface area contributed by atoms with Crippen molar-refractivity contribution in [1.82, 2.24) is 0 Å². The third-order valence-corrected chi connectivity index (χ3v) is 4.28. The van der Waals surface area contributed by atoms with Crippen molar-refractivity contribution in [3.63, 3.8) is 0 Å². The first kappa shape index (κ1) is 23.5. The number of hydrogen-bond acceptors (Lipinski definition) is 0. The molecule has 0 aromatic heterocycles. The fourth-order valence-electron chi connectivity index (χ4n) is 2.33. The molecule has 0 fully saturated rings. The van der Waals surface area contributed by atoms with Gasteiger partial charge in [0.1, 0.15) is 0 Å². The highest BCUT2D eigenvalue weighted by molar-refractivity contribution is 7.27. The smallest absolute Gasteiger partial charge is 0.0126 e. The van der Waals surface area contributed by atoms with Gasteiger partial charge in [0.15, 0.2) is 0 Å². The van der Waals surface area contributed by atoms with Gasteiger partial charge >= 0.3 is 0 Å². The Hall–Kier alpha value is 0.230. The minimum absolute atomic E-state index is 0. The van der Waals surface area contributed by atoms with E-state index in [9.17, 15) is 0 Å². The number of benzene rings is 1. The van der Waals surface area contributed by atoms with E-state index in [0.717, 1.165) is 0 Å². The lowest BCUT2D eigenvalue weighted by molar-refractivity contribution is 0.554. The average molecular weight is 351 g/mol. The van der Waals surface area contributed by atoms with Crippen LogP contribution in [0.4, 0.5) is 0 Å². The summed E-state index contributed by atoms with van der Waals surface area (Å²) in [7, 11) is 2.98. The van der Waals surface area contributed by atoms with Gasteiger partial charge in [-0.3, -0.25) is 0 Å². The fourth-order valence-corrected chi connectivity index (χ4v) is 3.36. The molecule has 0 nitrogen and oxygen atoms in total. The van der Waals surface area contributed by atoms with Crippen LogP contribution in [0.15, 0.2) is 12.1 Å². The molecular formula is C18H33Cl2P. The van der Waals surface area contributed by atoms with Crippen LogP contribution < -0.4 is 5.30 Å². The van der Waals surface area contributed by atoms with E-state index in [2.05, 4.69) is 83.7 Å². The van der Waals surface area contributed by atoms with Gasteiger partial charge in [0.25, 0.3) is 0 Å². The van der Waals surface area contributed by atoms with Crippen molar-refractivity contribution in [2.75, 3.05) is 0 Å². The van der Waals surface area contributed by atoms with Crippen LogP contribution in [-0.2, 0) is 16.2 Å². The van der Waals surface area contributed by atoms with Gasteiger partial charge in [-0.15, -0.1) is 34.1 Å². The molecule has 1 aromatic rings. The number of halogens is 2. The molecule has 0 saturated carbocycles. The second-order valence-electron chi connectivity index (χ2n) is 8.74. The third kappa shape index (κ3) is 5.74. The van der Waals surface area contributed by atoms with E-state index in [1.165, 1.54) is 22.0 Å². The molecule has 21 heavy (non-hydrogen) atoms. The van der Waals surface area contributed by atoms with Crippen LogP contribution in [0.3, 0.4) is 0 Å². The molecule has 1 rings (SSSR count). The molecule has 0 aliphatic rings. The highest BCUT2D eigenvalue weighted by Crippen LogP contribution is 2.34. The zero-order chi connectivity index (χ0) is 15.2. The summed E-state index contributed by atoms with van der Waals surface area (Å²) in [6.07, 6.45) is 0. The first-order valence-electron chi connectivity index (χ1n) is 7.19. The molecule has 0 spiro atoms. The molecule has 1 unspecified atom stereocenters. The maximum Gasteiger partial charge on any atom is -0.0126 e. The van der Waals surface area contributed by atoms with Crippen LogP contribution >= 0.6 is 34.1 Å². The maximum atomic E-state index is 2.98. The Morgan fingerprint density at radius 2 is 0.905 bits per heavy atom. The quantitative estimate of drug-likeness (QED) is 0.509. The van der Waals surface area contributed by atoms with Crippen molar-refractivity contribution >= 4 is 39.4 Å². The zero-order valence-corrected chi connectivity index (χ0v) is 17.8. The van der Waals surface area contributed by atoms with Crippen molar-refractivity contribution in [3.05, 3.63) is 28.8 Å². The fraction of sp³-hybridized carbons (Fsp3) is 0.667. The van der Waals surface area contributed by atoms with Gasteiger partial charge in [0.05, 0.1) is 0 Å². The summed E-state index contributed by atoms with van der Waals surface area (Å²) < 4.78 is 0. The summed E-state index contributed by atoms with van der Waals surface area (Å²) >= 11 is 0. The summed E-state index contributed by atoms with van der Waals surface area (Å²) in [6.45, 7) is 20.7. The van der Waals surface area contributed by atoms with Crippen molar-refractivity contribution in [3.8, 4) is 0 Å². The molecule has 0 heterocycles. The summed E-state index contributed by atoms with van der Waals surface area (Å²) in [4.78, 5) is 0. The van der Waals surface area contributed by atoms with Gasteiger partial charge in [-0.05, 0) is 38.2 Å². The summed E-state index contributed by atoms with van der Waals surface area (Å²) in [5.41, 5.74) is 4.90. The Morgan fingerprint density at radius 1 is 0.619 bits per heavy atom. The summed E-state index contributed by atoms with van der Waals surface area (Å²) in [5, 5.41) is 1.38. The third-order valence-electron chi connectivity index (χ3n) is 3.66. The van der Waals surface area contributed by atoms with Crippen LogP contribution in [0.25, 0.3) is 0 Å². The van der Waals surface area contributed by atoms with Crippen LogP contribution in [0, 0.1) is 0 Å². The predicted molar refractivity (Wildman–Crippen MR) is 106 cm³/mol.